The number of aliphatic hydroxyl groups is 1. The average Bonchev–Trinajstić information content (AvgIpc) is 2.52. The van der Waals surface area contributed by atoms with Crippen LogP contribution in [0.3, 0.4) is 0 Å². The van der Waals surface area contributed by atoms with Gasteiger partial charge in [0.25, 0.3) is 0 Å². The first-order valence-electron chi connectivity index (χ1n) is 6.80. The number of sulfonamides is 1. The lowest BCUT2D eigenvalue weighted by Crippen LogP contribution is -2.33. The molecule has 124 valence electrons. The van der Waals surface area contributed by atoms with E-state index in [1.807, 2.05) is 6.26 Å². The molecular weight excluding hydrogens is 324 g/mol. The molecule has 0 fully saturated rings. The van der Waals surface area contributed by atoms with Crippen LogP contribution in [0.1, 0.15) is 12.5 Å². The average molecular weight is 346 g/mol. The van der Waals surface area contributed by atoms with Gasteiger partial charge >= 0.3 is 0 Å². The Morgan fingerprint density at radius 2 is 2.05 bits per heavy atom. The van der Waals surface area contributed by atoms with Crippen LogP contribution in [0.4, 0.5) is 0 Å². The van der Waals surface area contributed by atoms with Crippen LogP contribution in [0.2, 0.25) is 0 Å². The number of aliphatic hydroxyl groups excluding tert-OH is 1. The lowest BCUT2D eigenvalue weighted by atomic mass is 10.2. The predicted octanol–water partition coefficient (Wildman–Crippen LogP) is 0.667. The van der Waals surface area contributed by atoms with E-state index in [1.54, 1.807) is 25.1 Å². The maximum absolute atomic E-state index is 12.5. The highest BCUT2D eigenvalue weighted by molar-refractivity contribution is 7.99. The number of hydrogen-bond acceptors (Lipinski definition) is 5. The second-order valence-corrected chi connectivity index (χ2v) is 7.95. The third-order valence-corrected chi connectivity index (χ3v) is 6.13. The zero-order valence-electron chi connectivity index (χ0n) is 12.9. The first-order chi connectivity index (χ1) is 10.3. The lowest BCUT2D eigenvalue weighted by molar-refractivity contribution is -0.120. The van der Waals surface area contributed by atoms with E-state index in [4.69, 9.17) is 5.11 Å². The first-order valence-corrected chi connectivity index (χ1v) is 9.53. The van der Waals surface area contributed by atoms with Gasteiger partial charge in [0, 0.05) is 20.1 Å². The number of likely N-dealkylation sites (N-methyl/N-ethyl adjacent to an activating group) is 1. The summed E-state index contributed by atoms with van der Waals surface area (Å²) in [6, 6.07) is 6.53. The van der Waals surface area contributed by atoms with E-state index in [1.165, 1.54) is 24.9 Å². The molecule has 22 heavy (non-hydrogen) atoms. The molecule has 0 aliphatic heterocycles. The van der Waals surface area contributed by atoms with Crippen LogP contribution in [-0.2, 0) is 21.4 Å². The Morgan fingerprint density at radius 1 is 1.41 bits per heavy atom. The van der Waals surface area contributed by atoms with Crippen LogP contribution in [0.25, 0.3) is 0 Å². The predicted molar refractivity (Wildman–Crippen MR) is 88.2 cm³/mol. The van der Waals surface area contributed by atoms with Crippen molar-refractivity contribution in [3.8, 4) is 0 Å². The summed E-state index contributed by atoms with van der Waals surface area (Å²) < 4.78 is 26.0. The van der Waals surface area contributed by atoms with Crippen molar-refractivity contribution in [3.05, 3.63) is 29.8 Å². The normalized spacial score (nSPS) is 13.1. The minimum absolute atomic E-state index is 0.0204. The minimum atomic E-state index is -3.69. The summed E-state index contributed by atoms with van der Waals surface area (Å²) >= 11 is 1.42. The van der Waals surface area contributed by atoms with Crippen molar-refractivity contribution in [2.45, 2.75) is 23.6 Å². The molecular formula is C14H22N2O4S2. The number of amides is 1. The van der Waals surface area contributed by atoms with Crippen molar-refractivity contribution in [1.29, 1.82) is 0 Å². The van der Waals surface area contributed by atoms with Gasteiger partial charge in [-0.3, -0.25) is 4.79 Å². The number of benzene rings is 1. The smallest absolute Gasteiger partial charge is 0.243 e. The van der Waals surface area contributed by atoms with E-state index >= 15 is 0 Å². The Balaban J connectivity index is 2.98. The van der Waals surface area contributed by atoms with E-state index in [9.17, 15) is 13.2 Å². The van der Waals surface area contributed by atoms with Crippen molar-refractivity contribution < 1.29 is 18.3 Å². The number of nitrogens with one attached hydrogen (secondary N) is 1. The molecule has 1 atom stereocenters. The van der Waals surface area contributed by atoms with Crippen molar-refractivity contribution in [1.82, 2.24) is 9.62 Å². The minimum Gasteiger partial charge on any atom is -0.395 e. The largest absolute Gasteiger partial charge is 0.395 e. The third-order valence-electron chi connectivity index (χ3n) is 3.25. The molecule has 0 aliphatic carbocycles. The van der Waals surface area contributed by atoms with Gasteiger partial charge in [-0.15, -0.1) is 0 Å². The van der Waals surface area contributed by atoms with E-state index < -0.39 is 10.0 Å². The molecule has 0 spiro atoms. The molecule has 1 aromatic carbocycles. The molecule has 0 saturated heterocycles. The molecule has 8 heteroatoms. The molecule has 0 saturated carbocycles. The number of carbonyl (C=O) groups is 1. The van der Waals surface area contributed by atoms with Crippen LogP contribution in [-0.4, -0.2) is 55.4 Å². The summed E-state index contributed by atoms with van der Waals surface area (Å²) in [4.78, 5) is 12.0. The topological polar surface area (TPSA) is 86.7 Å². The lowest BCUT2D eigenvalue weighted by Gasteiger charge is -2.19. The van der Waals surface area contributed by atoms with Crippen LogP contribution < -0.4 is 5.32 Å². The van der Waals surface area contributed by atoms with E-state index in [0.717, 1.165) is 4.31 Å². The highest BCUT2D eigenvalue weighted by atomic mass is 32.2. The SMILES string of the molecule is CSC(C)C(=O)NCc1ccccc1S(=O)(=O)N(C)CCO. The van der Waals surface area contributed by atoms with Gasteiger partial charge < -0.3 is 10.4 Å². The maximum Gasteiger partial charge on any atom is 0.243 e. The molecule has 2 N–H and O–H groups in total. The molecule has 0 radical (unpaired) electrons. The third kappa shape index (κ3) is 4.70. The Morgan fingerprint density at radius 3 is 2.64 bits per heavy atom. The number of nitrogens with zero attached hydrogens (tertiary/aromatic N) is 1. The molecule has 1 rings (SSSR count). The number of carbonyl (C=O) groups excluding carboxylic acids is 1. The Labute approximate surface area is 136 Å². The molecule has 1 unspecified atom stereocenters. The van der Waals surface area contributed by atoms with Gasteiger partial charge in [-0.25, -0.2) is 8.42 Å². The van der Waals surface area contributed by atoms with Crippen molar-refractivity contribution in [2.75, 3.05) is 26.5 Å². The summed E-state index contributed by atoms with van der Waals surface area (Å²) in [6.07, 6.45) is 1.84. The summed E-state index contributed by atoms with van der Waals surface area (Å²) in [7, 11) is -2.28. The zero-order chi connectivity index (χ0) is 16.8. The van der Waals surface area contributed by atoms with Gasteiger partial charge in [0.1, 0.15) is 0 Å². The fourth-order valence-corrected chi connectivity index (χ4v) is 3.44. The highest BCUT2D eigenvalue weighted by Gasteiger charge is 2.23. The standard InChI is InChI=1S/C14H22N2O4S2/c1-11(21-3)14(18)15-10-12-6-4-5-7-13(12)22(19,20)16(2)8-9-17/h4-7,11,17H,8-10H2,1-3H3,(H,15,18). The quantitative estimate of drug-likeness (QED) is 0.722. The summed E-state index contributed by atoms with van der Waals surface area (Å²) in [6.45, 7) is 1.70. The number of rotatable bonds is 8. The van der Waals surface area contributed by atoms with E-state index in [0.29, 0.717) is 5.56 Å². The Hall–Kier alpha value is -1.09. The van der Waals surface area contributed by atoms with Crippen LogP contribution in [0, 0.1) is 0 Å². The summed E-state index contributed by atoms with van der Waals surface area (Å²) in [5.74, 6) is -0.136. The second-order valence-electron chi connectivity index (χ2n) is 4.75. The molecule has 0 aliphatic rings. The molecule has 0 aromatic heterocycles. The van der Waals surface area contributed by atoms with Gasteiger partial charge in [0.2, 0.25) is 15.9 Å². The van der Waals surface area contributed by atoms with E-state index in [-0.39, 0.29) is 35.7 Å². The maximum atomic E-state index is 12.5. The first kappa shape index (κ1) is 19.0. The van der Waals surface area contributed by atoms with Gasteiger partial charge in [0.15, 0.2) is 0 Å². The van der Waals surface area contributed by atoms with Crippen molar-refractivity contribution >= 4 is 27.7 Å². The number of hydrogen-bond donors (Lipinski definition) is 2. The number of thioether (sulfide) groups is 1. The highest BCUT2D eigenvalue weighted by Crippen LogP contribution is 2.19. The van der Waals surface area contributed by atoms with E-state index in [2.05, 4.69) is 5.32 Å². The van der Waals surface area contributed by atoms with Crippen LogP contribution in [0.5, 0.6) is 0 Å². The molecule has 0 bridgehead atoms. The molecule has 0 heterocycles. The van der Waals surface area contributed by atoms with Gasteiger partial charge in [0.05, 0.1) is 16.8 Å². The second kappa shape index (κ2) is 8.52. The van der Waals surface area contributed by atoms with Crippen LogP contribution in [0.15, 0.2) is 29.2 Å². The Kier molecular flexibility index (Phi) is 7.34. The fourth-order valence-electron chi connectivity index (χ4n) is 1.76. The van der Waals surface area contributed by atoms with Gasteiger partial charge in [-0.1, -0.05) is 18.2 Å². The Bertz CT molecular complexity index is 605. The van der Waals surface area contributed by atoms with Crippen molar-refractivity contribution in [2.24, 2.45) is 0 Å². The van der Waals surface area contributed by atoms with Gasteiger partial charge in [-0.05, 0) is 24.8 Å². The van der Waals surface area contributed by atoms with Crippen LogP contribution >= 0.6 is 11.8 Å². The van der Waals surface area contributed by atoms with Gasteiger partial charge in [-0.2, -0.15) is 16.1 Å². The molecule has 1 aromatic rings. The monoisotopic (exact) mass is 346 g/mol. The molecule has 1 amide bonds. The summed E-state index contributed by atoms with van der Waals surface area (Å²) in [5, 5.41) is 11.5. The summed E-state index contributed by atoms with van der Waals surface area (Å²) in [5.41, 5.74) is 0.522. The van der Waals surface area contributed by atoms with Crippen molar-refractivity contribution in [3.63, 3.8) is 0 Å². The zero-order valence-corrected chi connectivity index (χ0v) is 14.6. The molecule has 6 nitrogen and oxygen atoms in total. The fraction of sp³-hybridized carbons (Fsp3) is 0.500.